The van der Waals surface area contributed by atoms with E-state index < -0.39 is 0 Å². The second-order valence-electron chi connectivity index (χ2n) is 7.51. The Balaban J connectivity index is 1.51. The van der Waals surface area contributed by atoms with Crippen molar-refractivity contribution < 1.29 is 0 Å². The van der Waals surface area contributed by atoms with E-state index in [2.05, 4.69) is 0 Å². The van der Waals surface area contributed by atoms with E-state index in [9.17, 15) is 0 Å². The molecule has 1 nitrogen and oxygen atoms in total. The topological polar surface area (TPSA) is 26.0 Å². The van der Waals surface area contributed by atoms with Gasteiger partial charge in [-0.05, 0) is 87.4 Å². The van der Waals surface area contributed by atoms with Crippen LogP contribution in [0.3, 0.4) is 0 Å². The van der Waals surface area contributed by atoms with Crippen molar-refractivity contribution in [2.75, 3.05) is 0 Å². The Morgan fingerprint density at radius 1 is 0.875 bits per heavy atom. The minimum Gasteiger partial charge on any atom is -0.325 e. The molecule has 0 aromatic rings. The van der Waals surface area contributed by atoms with E-state index in [-0.39, 0.29) is 5.54 Å². The molecule has 0 aromatic heterocycles. The highest BCUT2D eigenvalue weighted by Crippen LogP contribution is 2.58. The van der Waals surface area contributed by atoms with Gasteiger partial charge in [-0.2, -0.15) is 0 Å². The van der Waals surface area contributed by atoms with Crippen LogP contribution in [0.1, 0.15) is 57.8 Å². The molecule has 16 heavy (non-hydrogen) atoms. The van der Waals surface area contributed by atoms with Gasteiger partial charge >= 0.3 is 0 Å². The highest BCUT2D eigenvalue weighted by Gasteiger charge is 2.50. The number of hydrogen-bond acceptors (Lipinski definition) is 1. The molecule has 5 aliphatic carbocycles. The maximum Gasteiger partial charge on any atom is 0.0157 e. The molecule has 0 amide bonds. The Morgan fingerprint density at radius 2 is 1.44 bits per heavy atom. The van der Waals surface area contributed by atoms with Crippen LogP contribution in [0.15, 0.2) is 0 Å². The van der Waals surface area contributed by atoms with Gasteiger partial charge in [-0.1, -0.05) is 0 Å². The maximum absolute atomic E-state index is 6.48. The van der Waals surface area contributed by atoms with Crippen LogP contribution < -0.4 is 5.73 Å². The monoisotopic (exact) mass is 219 g/mol. The van der Waals surface area contributed by atoms with Crippen LogP contribution in [-0.2, 0) is 0 Å². The molecule has 1 heteroatoms. The molecule has 0 unspecified atom stereocenters. The molecular formula is C15H25N. The summed E-state index contributed by atoms with van der Waals surface area (Å²) in [5, 5.41) is 0. The van der Waals surface area contributed by atoms with Crippen LogP contribution >= 0.6 is 0 Å². The second-order valence-corrected chi connectivity index (χ2v) is 7.51. The predicted octanol–water partition coefficient (Wildman–Crippen LogP) is 3.33. The third-order valence-corrected chi connectivity index (χ3v) is 6.41. The minimum atomic E-state index is 0.278. The van der Waals surface area contributed by atoms with E-state index in [1.54, 1.807) is 32.1 Å². The Morgan fingerprint density at radius 3 is 1.88 bits per heavy atom. The first-order valence-electron chi connectivity index (χ1n) is 7.51. The van der Waals surface area contributed by atoms with Crippen molar-refractivity contribution in [3.63, 3.8) is 0 Å². The molecule has 5 rings (SSSR count). The van der Waals surface area contributed by atoms with Crippen LogP contribution in [0.25, 0.3) is 0 Å². The van der Waals surface area contributed by atoms with E-state index in [1.165, 1.54) is 25.7 Å². The zero-order chi connectivity index (χ0) is 10.8. The van der Waals surface area contributed by atoms with Crippen molar-refractivity contribution in [3.8, 4) is 0 Å². The zero-order valence-corrected chi connectivity index (χ0v) is 10.3. The molecule has 0 saturated heterocycles. The number of rotatable bonds is 2. The van der Waals surface area contributed by atoms with Gasteiger partial charge in [0.1, 0.15) is 0 Å². The van der Waals surface area contributed by atoms with Crippen molar-refractivity contribution in [2.45, 2.75) is 63.3 Å². The first-order valence-corrected chi connectivity index (χ1v) is 7.51. The molecule has 0 aliphatic heterocycles. The summed E-state index contributed by atoms with van der Waals surface area (Å²) in [4.78, 5) is 0. The van der Waals surface area contributed by atoms with E-state index in [0.717, 1.165) is 29.6 Å². The first-order chi connectivity index (χ1) is 7.72. The van der Waals surface area contributed by atoms with Crippen molar-refractivity contribution in [1.82, 2.24) is 0 Å². The fraction of sp³-hybridized carbons (Fsp3) is 1.00. The summed E-state index contributed by atoms with van der Waals surface area (Å²) in [5.41, 5.74) is 6.76. The molecule has 0 spiro atoms. The van der Waals surface area contributed by atoms with Gasteiger partial charge in [0.25, 0.3) is 0 Å². The zero-order valence-electron chi connectivity index (χ0n) is 10.3. The lowest BCUT2D eigenvalue weighted by Crippen LogP contribution is -2.53. The normalized spacial score (nSPS) is 52.7. The Bertz CT molecular complexity index is 264. The van der Waals surface area contributed by atoms with Crippen molar-refractivity contribution in [3.05, 3.63) is 0 Å². The van der Waals surface area contributed by atoms with Gasteiger partial charge in [-0.15, -0.1) is 0 Å². The summed E-state index contributed by atoms with van der Waals surface area (Å²) in [5.74, 6) is 5.43. The Kier molecular flexibility index (Phi) is 2.02. The molecule has 4 bridgehead atoms. The minimum absolute atomic E-state index is 0.278. The second kappa shape index (κ2) is 3.25. The van der Waals surface area contributed by atoms with Crippen molar-refractivity contribution >= 4 is 0 Å². The summed E-state index contributed by atoms with van der Waals surface area (Å²) >= 11 is 0. The fourth-order valence-corrected chi connectivity index (χ4v) is 5.68. The van der Waals surface area contributed by atoms with Gasteiger partial charge in [-0.3, -0.25) is 0 Å². The molecule has 2 N–H and O–H groups in total. The third kappa shape index (κ3) is 1.40. The van der Waals surface area contributed by atoms with Gasteiger partial charge in [0, 0.05) is 5.54 Å². The molecular weight excluding hydrogens is 194 g/mol. The predicted molar refractivity (Wildman–Crippen MR) is 65.9 cm³/mol. The lowest BCUT2D eigenvalue weighted by atomic mass is 9.49. The Hall–Kier alpha value is -0.0400. The van der Waals surface area contributed by atoms with Gasteiger partial charge in [-0.25, -0.2) is 0 Å². The summed E-state index contributed by atoms with van der Waals surface area (Å²) in [7, 11) is 0. The Labute approximate surface area is 99.2 Å². The van der Waals surface area contributed by atoms with E-state index >= 15 is 0 Å². The van der Waals surface area contributed by atoms with Crippen LogP contribution in [0, 0.1) is 29.6 Å². The molecule has 5 fully saturated rings. The lowest BCUT2D eigenvalue weighted by Gasteiger charge is -2.57. The van der Waals surface area contributed by atoms with E-state index in [4.69, 9.17) is 5.73 Å². The summed E-state index contributed by atoms with van der Waals surface area (Å²) < 4.78 is 0. The molecule has 5 aliphatic rings. The smallest absolute Gasteiger partial charge is 0.0157 e. The summed E-state index contributed by atoms with van der Waals surface area (Å²) in [6.45, 7) is 0. The van der Waals surface area contributed by atoms with Crippen LogP contribution in [-0.4, -0.2) is 5.54 Å². The molecule has 0 aromatic carbocycles. The first kappa shape index (κ1) is 9.94. The maximum atomic E-state index is 6.48. The van der Waals surface area contributed by atoms with Crippen LogP contribution in [0.4, 0.5) is 0 Å². The molecule has 0 radical (unpaired) electrons. The fourth-order valence-electron chi connectivity index (χ4n) is 5.68. The quantitative estimate of drug-likeness (QED) is 0.757. The molecule has 90 valence electrons. The molecule has 0 heterocycles. The molecule has 0 atom stereocenters. The highest BCUT2D eigenvalue weighted by molar-refractivity contribution is 5.03. The SMILES string of the molecule is NC1(CC2C3CC4CC(C3)CC2C4)CCC1. The van der Waals surface area contributed by atoms with Gasteiger partial charge < -0.3 is 5.73 Å². The van der Waals surface area contributed by atoms with Gasteiger partial charge in [0.05, 0.1) is 0 Å². The number of nitrogens with two attached hydrogens (primary N) is 1. The summed E-state index contributed by atoms with van der Waals surface area (Å²) in [6.07, 6.45) is 13.2. The third-order valence-electron chi connectivity index (χ3n) is 6.41. The highest BCUT2D eigenvalue weighted by atomic mass is 14.8. The van der Waals surface area contributed by atoms with Crippen molar-refractivity contribution in [2.24, 2.45) is 35.3 Å². The van der Waals surface area contributed by atoms with Crippen LogP contribution in [0.5, 0.6) is 0 Å². The molecule has 5 saturated carbocycles. The largest absolute Gasteiger partial charge is 0.325 e. The van der Waals surface area contributed by atoms with Crippen LogP contribution in [0.2, 0.25) is 0 Å². The van der Waals surface area contributed by atoms with E-state index in [1.807, 2.05) is 0 Å². The lowest BCUT2D eigenvalue weighted by molar-refractivity contribution is -0.0534. The summed E-state index contributed by atoms with van der Waals surface area (Å²) in [6, 6.07) is 0. The van der Waals surface area contributed by atoms with Gasteiger partial charge in [0.2, 0.25) is 0 Å². The standard InChI is InChI=1S/C15H25N/c16-15(2-1-3-15)9-14-12-5-10-4-11(7-12)8-13(14)6-10/h10-14H,1-9,16H2. The van der Waals surface area contributed by atoms with E-state index in [0.29, 0.717) is 0 Å². The number of hydrogen-bond donors (Lipinski definition) is 1. The average molecular weight is 219 g/mol. The van der Waals surface area contributed by atoms with Crippen molar-refractivity contribution in [1.29, 1.82) is 0 Å². The van der Waals surface area contributed by atoms with Gasteiger partial charge in [0.15, 0.2) is 0 Å². The average Bonchev–Trinajstić information content (AvgIpc) is 2.20.